The van der Waals surface area contributed by atoms with Gasteiger partial charge in [0, 0.05) is 11.6 Å². The van der Waals surface area contributed by atoms with Crippen molar-refractivity contribution in [2.24, 2.45) is 0 Å². The lowest BCUT2D eigenvalue weighted by Gasteiger charge is -2.20. The van der Waals surface area contributed by atoms with E-state index in [1.807, 2.05) is 6.07 Å². The van der Waals surface area contributed by atoms with Crippen molar-refractivity contribution in [2.75, 3.05) is 11.6 Å². The van der Waals surface area contributed by atoms with Gasteiger partial charge in [-0.15, -0.1) is 0 Å². The number of anilines is 1. The molecule has 2 aliphatic rings. The third-order valence-corrected chi connectivity index (χ3v) is 6.32. The van der Waals surface area contributed by atoms with Crippen molar-refractivity contribution in [3.8, 4) is 11.5 Å². The van der Waals surface area contributed by atoms with Crippen LogP contribution in [-0.4, -0.2) is 7.11 Å². The quantitative estimate of drug-likeness (QED) is 0.643. The molecule has 0 radical (unpaired) electrons. The minimum Gasteiger partial charge on any atom is -0.497 e. The lowest BCUT2D eigenvalue weighted by molar-refractivity contribution is 0.415. The highest BCUT2D eigenvalue weighted by molar-refractivity contribution is 8.03. The van der Waals surface area contributed by atoms with Crippen LogP contribution in [0.5, 0.6) is 11.5 Å². The van der Waals surface area contributed by atoms with Gasteiger partial charge in [0.1, 0.15) is 11.5 Å². The van der Waals surface area contributed by atoms with E-state index in [4.69, 9.17) is 9.26 Å². The van der Waals surface area contributed by atoms with Crippen molar-refractivity contribution in [2.45, 2.75) is 12.8 Å². The van der Waals surface area contributed by atoms with Crippen LogP contribution in [0.1, 0.15) is 23.1 Å². The number of benzene rings is 2. The number of fused-ring (bicyclic) bond motifs is 1. The fourth-order valence-electron chi connectivity index (χ4n) is 2.95. The molecular weight excluding hydrogens is 343 g/mol. The molecule has 0 bridgehead atoms. The molecular formula is C17H16NO2P3. The summed E-state index contributed by atoms with van der Waals surface area (Å²) < 4.78 is 13.0. The van der Waals surface area contributed by atoms with E-state index in [1.165, 1.54) is 44.0 Å². The highest BCUT2D eigenvalue weighted by atomic mass is 31.8. The fourth-order valence-corrected chi connectivity index (χ4v) is 4.35. The van der Waals surface area contributed by atoms with Gasteiger partial charge in [0.15, 0.2) is 0 Å². The first kappa shape index (κ1) is 15.2. The lowest BCUT2D eigenvalue weighted by Crippen LogP contribution is -2.01. The van der Waals surface area contributed by atoms with E-state index >= 15 is 0 Å². The molecule has 0 aromatic heterocycles. The summed E-state index contributed by atoms with van der Waals surface area (Å²) in [5, 5.41) is 0. The van der Waals surface area contributed by atoms with Crippen LogP contribution >= 0.6 is 25.5 Å². The van der Waals surface area contributed by atoms with Crippen LogP contribution in [0, 0.1) is 0 Å². The summed E-state index contributed by atoms with van der Waals surface area (Å²) in [5.74, 6) is 1.82. The number of allylic oxidation sites excluding steroid dienone is 1. The average Bonchev–Trinajstić information content (AvgIpc) is 3.45. The molecule has 0 amide bonds. The van der Waals surface area contributed by atoms with Gasteiger partial charge in [0.2, 0.25) is 0 Å². The van der Waals surface area contributed by atoms with Gasteiger partial charge in [-0.2, -0.15) is 0 Å². The molecule has 0 saturated carbocycles. The predicted octanol–water partition coefficient (Wildman–Crippen LogP) is 5.81. The number of aryl methyl sites for hydroxylation is 1. The largest absolute Gasteiger partial charge is 0.497 e. The molecule has 0 fully saturated rings. The summed E-state index contributed by atoms with van der Waals surface area (Å²) in [6, 6.07) is 12.7. The number of methoxy groups -OCH3 is 1. The fraction of sp³-hybridized carbons (Fsp3) is 0.176. The minimum absolute atomic E-state index is 0.900. The van der Waals surface area contributed by atoms with Crippen LogP contribution in [0.15, 0.2) is 36.4 Å². The molecule has 1 unspecified atom stereocenters. The number of hydrogen-bond acceptors (Lipinski definition) is 3. The topological polar surface area (TPSA) is 21.5 Å². The molecule has 1 aliphatic carbocycles. The standard InChI is InChI=1S/C17H16NO2P3/c1-19-14-6-7-16(17(10-14)18-22-23-18)13-3-2-12-9-15(20-21)5-4-11(12)8-13/h4-10H,2-3,21H2,1H3. The van der Waals surface area contributed by atoms with E-state index in [0.717, 1.165) is 24.3 Å². The molecule has 0 saturated heterocycles. The SMILES string of the molecule is COc1ccc(C2=Cc3ccc(OP)cc3CC2)c(N2P=P2)c1. The summed E-state index contributed by atoms with van der Waals surface area (Å²) in [6.07, 6.45) is 4.41. The van der Waals surface area contributed by atoms with Gasteiger partial charge in [-0.25, -0.2) is 0 Å². The van der Waals surface area contributed by atoms with E-state index in [2.05, 4.69) is 50.3 Å². The molecule has 6 heteroatoms. The second-order valence-corrected chi connectivity index (χ2v) is 8.28. The van der Waals surface area contributed by atoms with Gasteiger partial charge >= 0.3 is 0 Å². The van der Waals surface area contributed by atoms with Gasteiger partial charge < -0.3 is 9.26 Å². The summed E-state index contributed by atoms with van der Waals surface area (Å²) in [4.78, 5) is 0. The zero-order chi connectivity index (χ0) is 15.8. The highest BCUT2D eigenvalue weighted by Gasteiger charge is 2.21. The zero-order valence-corrected chi connectivity index (χ0v) is 15.6. The van der Waals surface area contributed by atoms with Gasteiger partial charge in [0.25, 0.3) is 0 Å². The Morgan fingerprint density at radius 1 is 1.04 bits per heavy atom. The maximum atomic E-state index is 5.39. The second-order valence-electron chi connectivity index (χ2n) is 5.50. The van der Waals surface area contributed by atoms with Gasteiger partial charge in [-0.3, -0.25) is 4.44 Å². The zero-order valence-electron chi connectivity index (χ0n) is 12.7. The lowest BCUT2D eigenvalue weighted by atomic mass is 9.88. The summed E-state index contributed by atoms with van der Waals surface area (Å²) in [6.45, 7) is 0. The Labute approximate surface area is 141 Å². The minimum atomic E-state index is 0.900. The van der Waals surface area contributed by atoms with Crippen molar-refractivity contribution < 1.29 is 9.26 Å². The molecule has 1 aliphatic heterocycles. The first-order valence-electron chi connectivity index (χ1n) is 7.39. The van der Waals surface area contributed by atoms with Gasteiger partial charge in [-0.1, -0.05) is 12.1 Å². The average molecular weight is 359 g/mol. The van der Waals surface area contributed by atoms with Crippen LogP contribution in [0.25, 0.3) is 11.6 Å². The van der Waals surface area contributed by atoms with Crippen molar-refractivity contribution in [3.05, 3.63) is 53.1 Å². The van der Waals surface area contributed by atoms with Crippen LogP contribution in [0.4, 0.5) is 5.69 Å². The van der Waals surface area contributed by atoms with Crippen LogP contribution in [0.3, 0.4) is 0 Å². The maximum absolute atomic E-state index is 5.39. The van der Waals surface area contributed by atoms with E-state index in [9.17, 15) is 0 Å². The van der Waals surface area contributed by atoms with Crippen LogP contribution in [-0.2, 0) is 6.42 Å². The monoisotopic (exact) mass is 359 g/mol. The molecule has 1 atom stereocenters. The Hall–Kier alpha value is -1.39. The second kappa shape index (κ2) is 6.25. The smallest absolute Gasteiger partial charge is 0.122 e. The number of ether oxygens (including phenoxy) is 1. The molecule has 2 aromatic rings. The molecule has 2 aromatic carbocycles. The Morgan fingerprint density at radius 2 is 1.87 bits per heavy atom. The molecule has 23 heavy (non-hydrogen) atoms. The number of nitrogens with zero attached hydrogens (tertiary/aromatic N) is 1. The van der Waals surface area contributed by atoms with Crippen molar-refractivity contribution in [1.29, 1.82) is 0 Å². The van der Waals surface area contributed by atoms with E-state index in [1.54, 1.807) is 7.11 Å². The third-order valence-electron chi connectivity index (χ3n) is 4.19. The molecule has 0 spiro atoms. The molecule has 3 nitrogen and oxygen atoms in total. The number of rotatable bonds is 4. The molecule has 116 valence electrons. The molecule has 1 heterocycles. The highest BCUT2D eigenvalue weighted by Crippen LogP contribution is 2.53. The Morgan fingerprint density at radius 3 is 2.61 bits per heavy atom. The summed E-state index contributed by atoms with van der Waals surface area (Å²) in [7, 11) is 6.72. The van der Waals surface area contributed by atoms with Gasteiger partial charge in [-0.05, 0) is 53.8 Å². The van der Waals surface area contributed by atoms with E-state index < -0.39 is 0 Å². The Balaban J connectivity index is 1.74. The van der Waals surface area contributed by atoms with Crippen molar-refractivity contribution in [3.63, 3.8) is 0 Å². The third kappa shape index (κ3) is 3.02. The van der Waals surface area contributed by atoms with E-state index in [0.29, 0.717) is 0 Å². The first-order chi connectivity index (χ1) is 11.3. The Bertz CT molecular complexity index is 827. The van der Waals surface area contributed by atoms with E-state index in [-0.39, 0.29) is 0 Å². The summed E-state index contributed by atoms with van der Waals surface area (Å²) >= 11 is 0. The van der Waals surface area contributed by atoms with Crippen LogP contribution < -0.4 is 13.7 Å². The van der Waals surface area contributed by atoms with Crippen molar-refractivity contribution in [1.82, 2.24) is 0 Å². The molecule has 0 N–H and O–H groups in total. The number of hydrogen-bond donors (Lipinski definition) is 0. The molecule has 4 rings (SSSR count). The normalized spacial score (nSPS) is 16.4. The van der Waals surface area contributed by atoms with Gasteiger partial charge in [0.05, 0.1) is 38.3 Å². The van der Waals surface area contributed by atoms with Crippen LogP contribution in [0.2, 0.25) is 0 Å². The first-order valence-corrected chi connectivity index (χ1v) is 10.3. The maximum Gasteiger partial charge on any atom is 0.122 e. The Kier molecular flexibility index (Phi) is 4.12. The predicted molar refractivity (Wildman–Crippen MR) is 102 cm³/mol. The van der Waals surface area contributed by atoms with Crippen molar-refractivity contribution >= 4 is 42.8 Å². The summed E-state index contributed by atoms with van der Waals surface area (Å²) in [5.41, 5.74) is 6.63.